The SMILES string of the molecule is CC=C(CC)Oc1c(OCCCCCC)c(=O)n(CC)c2cc(NC(=O)c3ccccc3)ccc12. The van der Waals surface area contributed by atoms with Gasteiger partial charge in [-0.1, -0.05) is 51.3 Å². The van der Waals surface area contributed by atoms with E-state index in [0.717, 1.165) is 36.8 Å². The van der Waals surface area contributed by atoms with Crippen LogP contribution >= 0.6 is 0 Å². The molecule has 1 N–H and O–H groups in total. The second-order valence-corrected chi connectivity index (χ2v) is 8.38. The summed E-state index contributed by atoms with van der Waals surface area (Å²) in [4.78, 5) is 26.2. The summed E-state index contributed by atoms with van der Waals surface area (Å²) in [6, 6.07) is 14.6. The smallest absolute Gasteiger partial charge is 0.297 e. The molecule has 0 unspecified atom stereocenters. The molecular weight excluding hydrogens is 440 g/mol. The van der Waals surface area contributed by atoms with Gasteiger partial charge in [0.2, 0.25) is 5.75 Å². The first-order valence-electron chi connectivity index (χ1n) is 12.6. The van der Waals surface area contributed by atoms with Crippen molar-refractivity contribution in [3.8, 4) is 11.5 Å². The Hall–Kier alpha value is -3.54. The van der Waals surface area contributed by atoms with Crippen LogP contribution in [-0.2, 0) is 6.54 Å². The van der Waals surface area contributed by atoms with Gasteiger partial charge in [-0.05, 0) is 56.7 Å². The first kappa shape index (κ1) is 26.1. The number of carbonyl (C=O) groups is 1. The van der Waals surface area contributed by atoms with Crippen LogP contribution in [0.2, 0.25) is 0 Å². The van der Waals surface area contributed by atoms with Gasteiger partial charge in [-0.3, -0.25) is 9.59 Å². The fourth-order valence-corrected chi connectivity index (χ4v) is 3.98. The number of amides is 1. The van der Waals surface area contributed by atoms with Crippen molar-refractivity contribution < 1.29 is 14.3 Å². The van der Waals surface area contributed by atoms with Crippen LogP contribution in [0.3, 0.4) is 0 Å². The Bertz CT molecular complexity index is 1230. The normalized spacial score (nSPS) is 11.5. The zero-order chi connectivity index (χ0) is 25.2. The van der Waals surface area contributed by atoms with Gasteiger partial charge in [-0.25, -0.2) is 0 Å². The number of rotatable bonds is 12. The number of anilines is 1. The van der Waals surface area contributed by atoms with E-state index in [-0.39, 0.29) is 17.2 Å². The Morgan fingerprint density at radius 2 is 1.77 bits per heavy atom. The van der Waals surface area contributed by atoms with Crippen LogP contribution in [-0.4, -0.2) is 17.1 Å². The molecule has 2 aromatic carbocycles. The summed E-state index contributed by atoms with van der Waals surface area (Å²) in [6.07, 6.45) is 6.80. The molecular formula is C29H36N2O4. The van der Waals surface area contributed by atoms with E-state index < -0.39 is 0 Å². The second kappa shape index (κ2) is 12.8. The third kappa shape index (κ3) is 6.32. The van der Waals surface area contributed by atoms with E-state index in [9.17, 15) is 9.59 Å². The first-order chi connectivity index (χ1) is 17.0. The van der Waals surface area contributed by atoms with Gasteiger partial charge in [0.15, 0.2) is 5.75 Å². The molecule has 0 aliphatic rings. The molecule has 0 saturated carbocycles. The van der Waals surface area contributed by atoms with Gasteiger partial charge in [-0.2, -0.15) is 0 Å². The maximum absolute atomic E-state index is 13.5. The molecule has 0 radical (unpaired) electrons. The number of carbonyl (C=O) groups excluding carboxylic acids is 1. The van der Waals surface area contributed by atoms with Crippen molar-refractivity contribution in [2.75, 3.05) is 11.9 Å². The number of fused-ring (bicyclic) bond motifs is 1. The number of hydrogen-bond donors (Lipinski definition) is 1. The van der Waals surface area contributed by atoms with Crippen molar-refractivity contribution in [3.63, 3.8) is 0 Å². The molecule has 3 rings (SSSR count). The van der Waals surface area contributed by atoms with E-state index in [1.165, 1.54) is 0 Å². The zero-order valence-electron chi connectivity index (χ0n) is 21.2. The lowest BCUT2D eigenvalue weighted by molar-refractivity contribution is 0.102. The highest BCUT2D eigenvalue weighted by atomic mass is 16.5. The topological polar surface area (TPSA) is 69.6 Å². The summed E-state index contributed by atoms with van der Waals surface area (Å²) in [6.45, 7) is 8.93. The molecule has 0 bridgehead atoms. The molecule has 6 heteroatoms. The highest BCUT2D eigenvalue weighted by molar-refractivity contribution is 6.05. The number of benzene rings is 2. The number of aromatic nitrogens is 1. The Balaban J connectivity index is 2.06. The highest BCUT2D eigenvalue weighted by Gasteiger charge is 2.21. The van der Waals surface area contributed by atoms with Crippen molar-refractivity contribution in [1.82, 2.24) is 4.57 Å². The van der Waals surface area contributed by atoms with E-state index in [2.05, 4.69) is 12.2 Å². The van der Waals surface area contributed by atoms with Crippen molar-refractivity contribution in [2.45, 2.75) is 66.3 Å². The maximum atomic E-state index is 13.5. The number of pyridine rings is 1. The molecule has 35 heavy (non-hydrogen) atoms. The molecule has 3 aromatic rings. The van der Waals surface area contributed by atoms with Crippen molar-refractivity contribution >= 4 is 22.5 Å². The Morgan fingerprint density at radius 1 is 1.00 bits per heavy atom. The molecule has 0 atom stereocenters. The fraction of sp³-hybridized carbons (Fsp3) is 0.379. The Morgan fingerprint density at radius 3 is 2.43 bits per heavy atom. The molecule has 6 nitrogen and oxygen atoms in total. The molecule has 0 aliphatic heterocycles. The van der Waals surface area contributed by atoms with Gasteiger partial charge >= 0.3 is 0 Å². The minimum absolute atomic E-state index is 0.207. The van der Waals surface area contributed by atoms with Crippen molar-refractivity contribution in [3.05, 3.63) is 76.3 Å². The van der Waals surface area contributed by atoms with Crippen molar-refractivity contribution in [2.24, 2.45) is 0 Å². The zero-order valence-corrected chi connectivity index (χ0v) is 21.2. The van der Waals surface area contributed by atoms with E-state index in [1.807, 2.05) is 63.2 Å². The van der Waals surface area contributed by atoms with Crippen LogP contribution < -0.4 is 20.3 Å². The van der Waals surface area contributed by atoms with Crippen LogP contribution in [0.25, 0.3) is 10.9 Å². The minimum Gasteiger partial charge on any atom is -0.485 e. The molecule has 1 aromatic heterocycles. The number of nitrogens with one attached hydrogen (secondary N) is 1. The van der Waals surface area contributed by atoms with Gasteiger partial charge in [0.1, 0.15) is 0 Å². The van der Waals surface area contributed by atoms with Crippen LogP contribution in [0, 0.1) is 0 Å². The van der Waals surface area contributed by atoms with E-state index >= 15 is 0 Å². The third-order valence-corrected chi connectivity index (χ3v) is 5.94. The molecule has 0 spiro atoms. The molecule has 1 heterocycles. The van der Waals surface area contributed by atoms with Gasteiger partial charge in [0.25, 0.3) is 11.5 Å². The van der Waals surface area contributed by atoms with Crippen LogP contribution in [0.4, 0.5) is 5.69 Å². The largest absolute Gasteiger partial charge is 0.485 e. The Kier molecular flexibility index (Phi) is 9.53. The Labute approximate surface area is 207 Å². The number of nitrogens with zero attached hydrogens (tertiary/aromatic N) is 1. The second-order valence-electron chi connectivity index (χ2n) is 8.38. The monoisotopic (exact) mass is 476 g/mol. The van der Waals surface area contributed by atoms with Gasteiger partial charge in [0.05, 0.1) is 17.9 Å². The predicted octanol–water partition coefficient (Wildman–Crippen LogP) is 6.93. The van der Waals surface area contributed by atoms with Gasteiger partial charge in [0, 0.05) is 29.6 Å². The van der Waals surface area contributed by atoms with E-state index in [1.54, 1.807) is 16.7 Å². The number of ether oxygens (including phenoxy) is 2. The van der Waals surface area contributed by atoms with Gasteiger partial charge in [-0.15, -0.1) is 0 Å². The lowest BCUT2D eigenvalue weighted by Crippen LogP contribution is -2.23. The fourth-order valence-electron chi connectivity index (χ4n) is 3.98. The number of unbranched alkanes of at least 4 members (excludes halogenated alkanes) is 3. The average Bonchev–Trinajstić information content (AvgIpc) is 2.88. The molecule has 0 aliphatic carbocycles. The number of allylic oxidation sites excluding steroid dienone is 2. The van der Waals surface area contributed by atoms with Crippen LogP contribution in [0.15, 0.2) is 65.2 Å². The number of aryl methyl sites for hydroxylation is 1. The predicted molar refractivity (Wildman–Crippen MR) is 143 cm³/mol. The summed E-state index contributed by atoms with van der Waals surface area (Å²) in [7, 11) is 0. The standard InChI is InChI=1S/C29H36N2O4/c1-5-9-10-14-19-34-27-26(35-23(6-2)7-3)24-18-17-22(20-25(24)31(8-4)29(27)33)30-28(32)21-15-12-11-13-16-21/h6,11-13,15-18,20H,5,7-10,14,19H2,1-4H3,(H,30,32). The van der Waals surface area contributed by atoms with Gasteiger partial charge < -0.3 is 19.4 Å². The molecule has 186 valence electrons. The number of hydrogen-bond acceptors (Lipinski definition) is 4. The highest BCUT2D eigenvalue weighted by Crippen LogP contribution is 2.36. The maximum Gasteiger partial charge on any atom is 0.297 e. The minimum atomic E-state index is -0.233. The summed E-state index contributed by atoms with van der Waals surface area (Å²) in [5.74, 6) is 1.23. The van der Waals surface area contributed by atoms with E-state index in [0.29, 0.717) is 42.1 Å². The summed E-state index contributed by atoms with van der Waals surface area (Å²) < 4.78 is 14.0. The van der Waals surface area contributed by atoms with Crippen LogP contribution in [0.1, 0.15) is 70.2 Å². The van der Waals surface area contributed by atoms with Crippen molar-refractivity contribution in [1.29, 1.82) is 0 Å². The summed E-state index contributed by atoms with van der Waals surface area (Å²) in [5, 5.41) is 3.70. The summed E-state index contributed by atoms with van der Waals surface area (Å²) in [5.41, 5.74) is 1.62. The first-order valence-corrected chi connectivity index (χ1v) is 12.6. The lowest BCUT2D eigenvalue weighted by atomic mass is 10.1. The van der Waals surface area contributed by atoms with Crippen LogP contribution in [0.5, 0.6) is 11.5 Å². The quantitative estimate of drug-likeness (QED) is 0.227. The summed E-state index contributed by atoms with van der Waals surface area (Å²) >= 11 is 0. The average molecular weight is 477 g/mol. The molecule has 0 fully saturated rings. The third-order valence-electron chi connectivity index (χ3n) is 5.94. The molecule has 1 amide bonds. The lowest BCUT2D eigenvalue weighted by Gasteiger charge is -2.19. The van der Waals surface area contributed by atoms with E-state index in [4.69, 9.17) is 9.47 Å². The molecule has 0 saturated heterocycles.